The summed E-state index contributed by atoms with van der Waals surface area (Å²) in [4.78, 5) is 25.3. The van der Waals surface area contributed by atoms with Crippen molar-refractivity contribution in [3.63, 3.8) is 0 Å². The van der Waals surface area contributed by atoms with E-state index in [1.165, 1.54) is 55.8 Å². The van der Waals surface area contributed by atoms with Crippen molar-refractivity contribution < 1.29 is 29.4 Å². The Labute approximate surface area is 193 Å². The van der Waals surface area contributed by atoms with Gasteiger partial charge in [-0.05, 0) is 13.3 Å². The van der Waals surface area contributed by atoms with Crippen molar-refractivity contribution in [3.05, 3.63) is 18.7 Å². The summed E-state index contributed by atoms with van der Waals surface area (Å²) >= 11 is 0. The molecule has 0 aromatic carbocycles. The molecular weight excluding hydrogens is 410 g/mol. The van der Waals surface area contributed by atoms with E-state index < -0.39 is 23.6 Å². The average Bonchev–Trinajstić information content (AvgIpc) is 3.20. The number of carboxylic acid groups (broad SMARTS) is 2. The summed E-state index contributed by atoms with van der Waals surface area (Å²) in [7, 11) is 5.40. The third-order valence-electron chi connectivity index (χ3n) is 5.44. The second-order valence-electron chi connectivity index (χ2n) is 9.75. The number of unbranched alkanes of at least 4 members (excludes halogenated alkanes) is 9. The van der Waals surface area contributed by atoms with Crippen LogP contribution in [0.2, 0.25) is 0 Å². The quantitative estimate of drug-likeness (QED) is 0.292. The van der Waals surface area contributed by atoms with E-state index in [-0.39, 0.29) is 6.54 Å². The smallest absolute Gasteiger partial charge is 0.311 e. The van der Waals surface area contributed by atoms with E-state index in [9.17, 15) is 24.9 Å². The second kappa shape index (κ2) is 15.8. The normalized spacial score (nSPS) is 14.2. The molecule has 0 spiro atoms. The van der Waals surface area contributed by atoms with Gasteiger partial charge in [0.15, 0.2) is 5.72 Å². The minimum atomic E-state index is -1.44. The van der Waals surface area contributed by atoms with Crippen molar-refractivity contribution in [1.29, 1.82) is 0 Å². The van der Waals surface area contributed by atoms with Crippen LogP contribution in [0, 0.1) is 5.92 Å². The molecule has 0 fully saturated rings. The number of carbonyl (C=O) groups excluding carboxylic acids is 1. The van der Waals surface area contributed by atoms with Gasteiger partial charge in [-0.1, -0.05) is 71.1 Å². The SMILES string of the molecule is CCCCCCCCCCCCC(C(=O)O)C(C)(O)n1ccnc1.C[N+](C)(C)CC(=O)[O-]. The Hall–Kier alpha value is -1.93. The molecule has 2 unspecified atom stereocenters. The van der Waals surface area contributed by atoms with Crippen LogP contribution in [-0.4, -0.2) is 63.9 Å². The van der Waals surface area contributed by atoms with Gasteiger partial charge in [-0.25, -0.2) is 4.98 Å². The fourth-order valence-electron chi connectivity index (χ4n) is 3.56. The summed E-state index contributed by atoms with van der Waals surface area (Å²) in [6.07, 6.45) is 17.2. The van der Waals surface area contributed by atoms with Gasteiger partial charge >= 0.3 is 5.97 Å². The van der Waals surface area contributed by atoms with Crippen LogP contribution >= 0.6 is 0 Å². The molecule has 186 valence electrons. The molecule has 0 radical (unpaired) electrons. The predicted octanol–water partition coefficient (Wildman–Crippen LogP) is 3.00. The van der Waals surface area contributed by atoms with Crippen LogP contribution in [0.4, 0.5) is 0 Å². The number of aliphatic hydroxyl groups is 1. The first-order valence-electron chi connectivity index (χ1n) is 11.9. The molecule has 1 aromatic rings. The molecule has 1 aromatic heterocycles. The molecule has 0 amide bonds. The van der Waals surface area contributed by atoms with E-state index in [1.54, 1.807) is 40.5 Å². The maximum Gasteiger partial charge on any atom is 0.311 e. The minimum Gasteiger partial charge on any atom is -0.544 e. The molecule has 32 heavy (non-hydrogen) atoms. The van der Waals surface area contributed by atoms with Crippen molar-refractivity contribution in [2.45, 2.75) is 90.2 Å². The van der Waals surface area contributed by atoms with E-state index >= 15 is 0 Å². The lowest BCUT2D eigenvalue weighted by molar-refractivity contribution is -0.864. The van der Waals surface area contributed by atoms with Gasteiger partial charge in [0.05, 0.1) is 33.4 Å². The number of rotatable bonds is 16. The fourth-order valence-corrected chi connectivity index (χ4v) is 3.56. The highest BCUT2D eigenvalue weighted by atomic mass is 16.4. The Bertz CT molecular complexity index is 624. The zero-order valence-corrected chi connectivity index (χ0v) is 20.8. The van der Waals surface area contributed by atoms with Gasteiger partial charge in [-0.3, -0.25) is 4.79 Å². The molecule has 1 rings (SSSR count). The lowest BCUT2D eigenvalue weighted by Gasteiger charge is -2.31. The van der Waals surface area contributed by atoms with Gasteiger partial charge in [0.2, 0.25) is 0 Å². The molecule has 0 bridgehead atoms. The number of carbonyl (C=O) groups is 2. The molecule has 0 aliphatic heterocycles. The predicted molar refractivity (Wildman–Crippen MR) is 124 cm³/mol. The summed E-state index contributed by atoms with van der Waals surface area (Å²) in [5.41, 5.74) is -1.44. The minimum absolute atomic E-state index is 0.0694. The molecular formula is C24H45N3O5. The van der Waals surface area contributed by atoms with E-state index in [2.05, 4.69) is 11.9 Å². The Morgan fingerprint density at radius 3 is 1.88 bits per heavy atom. The van der Waals surface area contributed by atoms with Gasteiger partial charge in [0.1, 0.15) is 12.5 Å². The van der Waals surface area contributed by atoms with Crippen molar-refractivity contribution in [2.24, 2.45) is 5.92 Å². The first-order chi connectivity index (χ1) is 14.9. The number of hydrogen-bond donors (Lipinski definition) is 2. The first kappa shape index (κ1) is 30.1. The van der Waals surface area contributed by atoms with Crippen LogP contribution in [0.3, 0.4) is 0 Å². The number of likely N-dealkylation sites (N-methyl/N-ethyl adjacent to an activating group) is 1. The van der Waals surface area contributed by atoms with E-state index in [0.717, 1.165) is 19.3 Å². The molecule has 0 saturated heterocycles. The third kappa shape index (κ3) is 14.2. The van der Waals surface area contributed by atoms with Gasteiger partial charge < -0.3 is 29.2 Å². The topological polar surface area (TPSA) is 115 Å². The molecule has 0 aliphatic rings. The van der Waals surface area contributed by atoms with Gasteiger partial charge in [0, 0.05) is 12.4 Å². The third-order valence-corrected chi connectivity index (χ3v) is 5.44. The van der Waals surface area contributed by atoms with Crippen molar-refractivity contribution in [2.75, 3.05) is 27.7 Å². The summed E-state index contributed by atoms with van der Waals surface area (Å²) in [6.45, 7) is 3.85. The molecule has 8 heteroatoms. The summed E-state index contributed by atoms with van der Waals surface area (Å²) in [5.74, 6) is -2.78. The lowest BCUT2D eigenvalue weighted by atomic mass is 9.90. The average molecular weight is 456 g/mol. The Kier molecular flexibility index (Phi) is 14.9. The summed E-state index contributed by atoms with van der Waals surface area (Å²) < 4.78 is 1.89. The molecule has 2 atom stereocenters. The van der Waals surface area contributed by atoms with Crippen molar-refractivity contribution >= 4 is 11.9 Å². The van der Waals surface area contributed by atoms with Crippen molar-refractivity contribution in [1.82, 2.24) is 9.55 Å². The fraction of sp³-hybridized carbons (Fsp3) is 0.792. The maximum absolute atomic E-state index is 11.5. The number of nitrogens with zero attached hydrogens (tertiary/aromatic N) is 3. The summed E-state index contributed by atoms with van der Waals surface area (Å²) in [5, 5.41) is 29.9. The molecule has 0 aliphatic carbocycles. The largest absolute Gasteiger partial charge is 0.544 e. The van der Waals surface area contributed by atoms with Crippen LogP contribution in [-0.2, 0) is 15.3 Å². The van der Waals surface area contributed by atoms with Gasteiger partial charge in [-0.2, -0.15) is 0 Å². The molecule has 2 N–H and O–H groups in total. The number of imidazole rings is 1. The highest BCUT2D eigenvalue weighted by Gasteiger charge is 2.38. The molecule has 0 saturated carbocycles. The van der Waals surface area contributed by atoms with Crippen LogP contribution in [0.1, 0.15) is 84.5 Å². The van der Waals surface area contributed by atoms with Gasteiger partial charge in [0.25, 0.3) is 0 Å². The monoisotopic (exact) mass is 455 g/mol. The molecule has 8 nitrogen and oxygen atoms in total. The van der Waals surface area contributed by atoms with Crippen LogP contribution in [0.5, 0.6) is 0 Å². The highest BCUT2D eigenvalue weighted by Crippen LogP contribution is 2.28. The van der Waals surface area contributed by atoms with E-state index in [4.69, 9.17) is 0 Å². The maximum atomic E-state index is 11.5. The van der Waals surface area contributed by atoms with Crippen LogP contribution in [0.25, 0.3) is 0 Å². The Morgan fingerprint density at radius 1 is 1.03 bits per heavy atom. The van der Waals surface area contributed by atoms with Gasteiger partial charge in [-0.15, -0.1) is 0 Å². The first-order valence-corrected chi connectivity index (χ1v) is 11.9. The van der Waals surface area contributed by atoms with E-state index in [1.807, 2.05) is 0 Å². The van der Waals surface area contributed by atoms with E-state index in [0.29, 0.717) is 10.9 Å². The van der Waals surface area contributed by atoms with Crippen LogP contribution in [0.15, 0.2) is 18.7 Å². The number of quaternary nitrogens is 1. The zero-order valence-electron chi connectivity index (χ0n) is 20.8. The summed E-state index contributed by atoms with van der Waals surface area (Å²) in [6, 6.07) is 0. The van der Waals surface area contributed by atoms with Crippen molar-refractivity contribution in [3.8, 4) is 0 Å². The van der Waals surface area contributed by atoms with Crippen LogP contribution < -0.4 is 5.11 Å². The zero-order chi connectivity index (χ0) is 24.6. The highest BCUT2D eigenvalue weighted by molar-refractivity contribution is 5.71. The Morgan fingerprint density at radius 2 is 1.53 bits per heavy atom. The standard InChI is InChI=1S/C19H34N2O3.C5H11NO2/c1-3-4-5-6-7-8-9-10-11-12-13-17(18(22)23)19(2,24)21-15-14-20-16-21;1-6(2,3)4-5(7)8/h14-17,24H,3-13H2,1-2H3,(H,22,23);4H2,1-3H3. The second-order valence-corrected chi connectivity index (χ2v) is 9.75. The molecule has 1 heterocycles. The number of carboxylic acids is 2. The lowest BCUT2D eigenvalue weighted by Crippen LogP contribution is -2.45. The number of hydrogen-bond acceptors (Lipinski definition) is 5. The Balaban J connectivity index is 0.00000102. The number of aliphatic carboxylic acids is 2. The number of aromatic nitrogens is 2.